The van der Waals surface area contributed by atoms with Gasteiger partial charge < -0.3 is 10.1 Å². The van der Waals surface area contributed by atoms with E-state index in [0.29, 0.717) is 0 Å². The van der Waals surface area contributed by atoms with Gasteiger partial charge in [0.2, 0.25) is 0 Å². The smallest absolute Gasteiger partial charge is 0.132 e. The molecular formula is C56H35N3O. The number of hydrogen-bond donors (Lipinski definition) is 1. The minimum absolute atomic E-state index is 0.123. The second-order valence-electron chi connectivity index (χ2n) is 16.1. The van der Waals surface area contributed by atoms with Gasteiger partial charge in [-0.3, -0.25) is 0 Å². The van der Waals surface area contributed by atoms with Gasteiger partial charge in [0.25, 0.3) is 0 Å². The Morgan fingerprint density at radius 3 is 1.73 bits per heavy atom. The Balaban J connectivity index is 1.00. The second kappa shape index (κ2) is 12.6. The largest absolute Gasteiger partial charge is 0.457 e. The van der Waals surface area contributed by atoms with Crippen LogP contribution in [0.1, 0.15) is 39.4 Å². The van der Waals surface area contributed by atoms with Crippen LogP contribution in [0.3, 0.4) is 0 Å². The molecule has 2 aromatic heterocycles. The molecule has 4 heteroatoms. The van der Waals surface area contributed by atoms with Crippen LogP contribution in [0.4, 0.5) is 5.69 Å². The van der Waals surface area contributed by atoms with Crippen LogP contribution >= 0.6 is 0 Å². The van der Waals surface area contributed by atoms with Crippen molar-refractivity contribution < 1.29 is 4.74 Å². The first-order chi connectivity index (χ1) is 29.7. The zero-order valence-corrected chi connectivity index (χ0v) is 32.4. The van der Waals surface area contributed by atoms with Crippen LogP contribution in [-0.2, 0) is 5.41 Å². The maximum absolute atomic E-state index is 6.65. The fourth-order valence-electron chi connectivity index (χ4n) is 10.3. The molecule has 0 saturated carbocycles. The molecule has 4 heterocycles. The van der Waals surface area contributed by atoms with Crippen molar-refractivity contribution in [1.82, 2.24) is 9.97 Å². The van der Waals surface area contributed by atoms with E-state index in [1.54, 1.807) is 0 Å². The third-order valence-electron chi connectivity index (χ3n) is 13.0. The van der Waals surface area contributed by atoms with Crippen LogP contribution in [-0.4, -0.2) is 9.97 Å². The van der Waals surface area contributed by atoms with Gasteiger partial charge in [-0.05, 0) is 81.4 Å². The Bertz CT molecular complexity index is 3360. The summed E-state index contributed by atoms with van der Waals surface area (Å²) in [4.78, 5) is 10.5. The highest BCUT2D eigenvalue weighted by Gasteiger charge is 2.51. The van der Waals surface area contributed by atoms with Crippen LogP contribution in [0, 0.1) is 0 Å². The predicted molar refractivity (Wildman–Crippen MR) is 243 cm³/mol. The molecule has 1 unspecified atom stereocenters. The number of aromatic nitrogens is 2. The molecule has 0 radical (unpaired) electrons. The van der Waals surface area contributed by atoms with Crippen molar-refractivity contribution in [3.05, 3.63) is 234 Å². The molecule has 13 rings (SSSR count). The van der Waals surface area contributed by atoms with Gasteiger partial charge in [0.05, 0.1) is 33.9 Å². The first-order valence-corrected chi connectivity index (χ1v) is 20.6. The maximum atomic E-state index is 6.65. The second-order valence-corrected chi connectivity index (χ2v) is 16.1. The standard InChI is InChI=1S/C56H35N3O/c1-2-13-34(14-3-1)48-29-27-35-25-26-36-28-30-49(58-55(36)54(35)57-48)37-15-12-16-38(31-37)53-43-33-47-42(32-41(43)40-18-5-9-22-50(40)59-53)39-17-4-6-19-44(39)56(47)45-20-7-10-23-51(45)60-52-24-11-8-21-46(52)56/h1-33,53,59H. The lowest BCUT2D eigenvalue weighted by Crippen LogP contribution is -2.32. The molecule has 1 aliphatic carbocycles. The lowest BCUT2D eigenvalue weighted by atomic mass is 9.65. The number of ether oxygens (including phenoxy) is 1. The summed E-state index contributed by atoms with van der Waals surface area (Å²) in [5.41, 5.74) is 18.7. The quantitative estimate of drug-likeness (QED) is 0.182. The molecule has 60 heavy (non-hydrogen) atoms. The summed E-state index contributed by atoms with van der Waals surface area (Å²) in [5, 5.41) is 6.15. The van der Waals surface area contributed by atoms with Crippen LogP contribution in [0.15, 0.2) is 200 Å². The topological polar surface area (TPSA) is 47.0 Å². The number of pyridine rings is 2. The van der Waals surface area contributed by atoms with E-state index in [1.807, 2.05) is 6.07 Å². The van der Waals surface area contributed by atoms with Crippen molar-refractivity contribution in [1.29, 1.82) is 0 Å². The van der Waals surface area contributed by atoms with E-state index in [-0.39, 0.29) is 6.04 Å². The normalized spacial score (nSPS) is 14.9. The fourth-order valence-corrected chi connectivity index (χ4v) is 10.3. The van der Waals surface area contributed by atoms with Gasteiger partial charge in [0, 0.05) is 44.3 Å². The Labute approximate surface area is 347 Å². The first kappa shape index (κ1) is 33.2. The number of anilines is 1. The van der Waals surface area contributed by atoms with Gasteiger partial charge >= 0.3 is 0 Å². The lowest BCUT2D eigenvalue weighted by Gasteiger charge is -2.40. The summed E-state index contributed by atoms with van der Waals surface area (Å²) in [6, 6.07) is 71.8. The van der Waals surface area contributed by atoms with E-state index in [2.05, 4.69) is 199 Å². The Morgan fingerprint density at radius 2 is 1.00 bits per heavy atom. The maximum Gasteiger partial charge on any atom is 0.132 e. The van der Waals surface area contributed by atoms with Gasteiger partial charge in [-0.15, -0.1) is 0 Å². The van der Waals surface area contributed by atoms with Crippen LogP contribution < -0.4 is 10.1 Å². The highest BCUT2D eigenvalue weighted by molar-refractivity contribution is 6.04. The summed E-state index contributed by atoms with van der Waals surface area (Å²) in [5.74, 6) is 1.79. The van der Waals surface area contributed by atoms with Crippen molar-refractivity contribution in [3.63, 3.8) is 0 Å². The monoisotopic (exact) mass is 765 g/mol. The molecule has 1 N–H and O–H groups in total. The van der Waals surface area contributed by atoms with Crippen molar-refractivity contribution >= 4 is 27.5 Å². The van der Waals surface area contributed by atoms with Crippen LogP contribution in [0.2, 0.25) is 0 Å². The third kappa shape index (κ3) is 4.67. The highest BCUT2D eigenvalue weighted by atomic mass is 16.5. The molecule has 1 spiro atoms. The minimum Gasteiger partial charge on any atom is -0.457 e. The Hall–Kier alpha value is -7.82. The summed E-state index contributed by atoms with van der Waals surface area (Å²) in [6.45, 7) is 0. The SMILES string of the molecule is c1ccc(-c2ccc3ccc4ccc(-c5cccc(C6Nc7ccccc7-c7cc8c(cc76)C6(c7ccccc7Oc7ccccc76)c6ccccc6-8)c5)nc4c3n2)cc1. The van der Waals surface area contributed by atoms with Gasteiger partial charge in [-0.2, -0.15) is 0 Å². The average molecular weight is 766 g/mol. The van der Waals surface area contributed by atoms with Gasteiger partial charge in [-0.1, -0.05) is 158 Å². The zero-order chi connectivity index (χ0) is 39.4. The number of fused-ring (bicyclic) bond motifs is 15. The van der Waals surface area contributed by atoms with E-state index in [9.17, 15) is 0 Å². The molecule has 3 aliphatic rings. The molecule has 0 fully saturated rings. The van der Waals surface area contributed by atoms with Crippen molar-refractivity contribution in [2.75, 3.05) is 5.32 Å². The summed E-state index contributed by atoms with van der Waals surface area (Å²) < 4.78 is 6.65. The van der Waals surface area contributed by atoms with Crippen molar-refractivity contribution in [3.8, 4) is 56.3 Å². The molecular weight excluding hydrogens is 731 g/mol. The molecule has 10 aromatic rings. The number of hydrogen-bond acceptors (Lipinski definition) is 4. The van der Waals surface area contributed by atoms with Crippen LogP contribution in [0.25, 0.3) is 66.6 Å². The molecule has 0 amide bonds. The summed E-state index contributed by atoms with van der Waals surface area (Å²) in [6.07, 6.45) is 0. The summed E-state index contributed by atoms with van der Waals surface area (Å²) >= 11 is 0. The lowest BCUT2D eigenvalue weighted by molar-refractivity contribution is 0.436. The molecule has 280 valence electrons. The Morgan fingerprint density at radius 1 is 0.417 bits per heavy atom. The third-order valence-corrected chi connectivity index (χ3v) is 13.0. The zero-order valence-electron chi connectivity index (χ0n) is 32.4. The average Bonchev–Trinajstić information content (AvgIpc) is 3.60. The first-order valence-electron chi connectivity index (χ1n) is 20.6. The molecule has 1 atom stereocenters. The summed E-state index contributed by atoms with van der Waals surface area (Å²) in [7, 11) is 0. The number of nitrogens with zero attached hydrogens (tertiary/aromatic N) is 2. The van der Waals surface area contributed by atoms with Crippen molar-refractivity contribution in [2.24, 2.45) is 0 Å². The predicted octanol–water partition coefficient (Wildman–Crippen LogP) is 13.8. The van der Waals surface area contributed by atoms with E-state index >= 15 is 0 Å². The van der Waals surface area contributed by atoms with E-state index in [1.165, 1.54) is 44.5 Å². The number of rotatable bonds is 3. The van der Waals surface area contributed by atoms with Crippen LogP contribution in [0.5, 0.6) is 11.5 Å². The molecule has 8 aromatic carbocycles. The number of nitrogens with one attached hydrogen (secondary N) is 1. The highest BCUT2D eigenvalue weighted by Crippen LogP contribution is 2.63. The van der Waals surface area contributed by atoms with E-state index < -0.39 is 5.41 Å². The number of para-hydroxylation sites is 3. The molecule has 4 nitrogen and oxygen atoms in total. The van der Waals surface area contributed by atoms with Gasteiger partial charge in [0.1, 0.15) is 11.5 Å². The molecule has 0 bridgehead atoms. The van der Waals surface area contributed by atoms with Gasteiger partial charge in [0.15, 0.2) is 0 Å². The fraction of sp³-hybridized carbons (Fsp3) is 0.0357. The van der Waals surface area contributed by atoms with Crippen molar-refractivity contribution in [2.45, 2.75) is 11.5 Å². The Kier molecular flexibility index (Phi) is 6.96. The minimum atomic E-state index is -0.554. The van der Waals surface area contributed by atoms with E-state index in [4.69, 9.17) is 14.7 Å². The van der Waals surface area contributed by atoms with E-state index in [0.717, 1.165) is 72.6 Å². The number of benzene rings is 8. The van der Waals surface area contributed by atoms with Gasteiger partial charge in [-0.25, -0.2) is 9.97 Å². The molecule has 0 saturated heterocycles. The molecule has 2 aliphatic heterocycles.